The largest absolute Gasteiger partial charge is 0.361 e. The first-order chi connectivity index (χ1) is 6.31. The first kappa shape index (κ1) is 8.82. The number of aryl methyl sites for hydroxylation is 1. The maximum atomic E-state index is 3.46. The van der Waals surface area contributed by atoms with Gasteiger partial charge >= 0.3 is 0 Å². The molecule has 1 aromatic carbocycles. The van der Waals surface area contributed by atoms with Gasteiger partial charge in [0.1, 0.15) is 0 Å². The molecule has 0 radical (unpaired) electrons. The van der Waals surface area contributed by atoms with Crippen LogP contribution in [0.5, 0.6) is 0 Å². The predicted octanol–water partition coefficient (Wildman–Crippen LogP) is 3.88. The van der Waals surface area contributed by atoms with Gasteiger partial charge in [0.15, 0.2) is 0 Å². The molecule has 1 nitrogen and oxygen atoms in total. The third-order valence-electron chi connectivity index (χ3n) is 2.25. The molecule has 68 valence electrons. The SMILES string of the molecule is CCCc1c[nH]c2cc(Br)ccc12. The zero-order valence-corrected chi connectivity index (χ0v) is 9.19. The van der Waals surface area contributed by atoms with Crippen molar-refractivity contribution in [1.29, 1.82) is 0 Å². The Bertz CT molecular complexity index is 417. The zero-order chi connectivity index (χ0) is 9.26. The van der Waals surface area contributed by atoms with E-state index in [1.807, 2.05) is 0 Å². The molecule has 2 rings (SSSR count). The van der Waals surface area contributed by atoms with Crippen molar-refractivity contribution in [2.24, 2.45) is 0 Å². The van der Waals surface area contributed by atoms with Crippen LogP contribution in [0.25, 0.3) is 10.9 Å². The van der Waals surface area contributed by atoms with Gasteiger partial charge in [-0.15, -0.1) is 0 Å². The maximum Gasteiger partial charge on any atom is 0.0468 e. The topological polar surface area (TPSA) is 15.8 Å². The average Bonchev–Trinajstić information content (AvgIpc) is 2.49. The number of halogens is 1. The summed E-state index contributed by atoms with van der Waals surface area (Å²) in [5.74, 6) is 0. The molecular weight excluding hydrogens is 226 g/mol. The van der Waals surface area contributed by atoms with E-state index in [1.165, 1.54) is 22.9 Å². The fourth-order valence-electron chi connectivity index (χ4n) is 1.63. The molecule has 0 aliphatic heterocycles. The minimum atomic E-state index is 1.13. The molecule has 0 amide bonds. The van der Waals surface area contributed by atoms with Crippen LogP contribution in [-0.2, 0) is 6.42 Å². The first-order valence-electron chi connectivity index (χ1n) is 4.57. The molecule has 0 saturated heterocycles. The van der Waals surface area contributed by atoms with Crippen LogP contribution in [0, 0.1) is 0 Å². The van der Waals surface area contributed by atoms with Crippen LogP contribution in [0.1, 0.15) is 18.9 Å². The number of hydrogen-bond donors (Lipinski definition) is 1. The van der Waals surface area contributed by atoms with Crippen LogP contribution < -0.4 is 0 Å². The van der Waals surface area contributed by atoms with Gasteiger partial charge in [0.05, 0.1) is 0 Å². The van der Waals surface area contributed by atoms with Gasteiger partial charge in [0.2, 0.25) is 0 Å². The smallest absolute Gasteiger partial charge is 0.0468 e. The van der Waals surface area contributed by atoms with Gasteiger partial charge in [0, 0.05) is 21.6 Å². The second kappa shape index (κ2) is 3.54. The van der Waals surface area contributed by atoms with Gasteiger partial charge < -0.3 is 4.98 Å². The fraction of sp³-hybridized carbons (Fsp3) is 0.273. The number of fused-ring (bicyclic) bond motifs is 1. The summed E-state index contributed by atoms with van der Waals surface area (Å²) in [6.45, 7) is 2.21. The van der Waals surface area contributed by atoms with Crippen molar-refractivity contribution >= 4 is 26.8 Å². The van der Waals surface area contributed by atoms with Gasteiger partial charge in [-0.1, -0.05) is 35.3 Å². The van der Waals surface area contributed by atoms with Crippen molar-refractivity contribution in [3.63, 3.8) is 0 Å². The second-order valence-electron chi connectivity index (χ2n) is 3.25. The second-order valence-corrected chi connectivity index (χ2v) is 4.17. The van der Waals surface area contributed by atoms with Crippen molar-refractivity contribution < 1.29 is 0 Å². The highest BCUT2D eigenvalue weighted by molar-refractivity contribution is 9.10. The Labute approximate surface area is 86.3 Å². The van der Waals surface area contributed by atoms with Crippen molar-refractivity contribution in [1.82, 2.24) is 4.98 Å². The van der Waals surface area contributed by atoms with Crippen LogP contribution >= 0.6 is 15.9 Å². The van der Waals surface area contributed by atoms with E-state index < -0.39 is 0 Å². The van der Waals surface area contributed by atoms with Crippen molar-refractivity contribution in [2.75, 3.05) is 0 Å². The highest BCUT2D eigenvalue weighted by atomic mass is 79.9. The molecule has 1 aromatic heterocycles. The van der Waals surface area contributed by atoms with Gasteiger partial charge in [-0.3, -0.25) is 0 Å². The van der Waals surface area contributed by atoms with Crippen LogP contribution in [0.3, 0.4) is 0 Å². The third kappa shape index (κ3) is 1.63. The summed E-state index contributed by atoms with van der Waals surface area (Å²) in [5.41, 5.74) is 2.64. The molecule has 0 unspecified atom stereocenters. The van der Waals surface area contributed by atoms with Gasteiger partial charge in [0.25, 0.3) is 0 Å². The summed E-state index contributed by atoms with van der Waals surface area (Å²) in [5, 5.41) is 1.35. The summed E-state index contributed by atoms with van der Waals surface area (Å²) in [4.78, 5) is 3.28. The van der Waals surface area contributed by atoms with Crippen molar-refractivity contribution in [2.45, 2.75) is 19.8 Å². The molecule has 0 atom stereocenters. The molecule has 13 heavy (non-hydrogen) atoms. The summed E-state index contributed by atoms with van der Waals surface area (Å²) >= 11 is 3.46. The van der Waals surface area contributed by atoms with E-state index in [1.54, 1.807) is 0 Å². The number of H-pyrrole nitrogens is 1. The van der Waals surface area contributed by atoms with Crippen LogP contribution in [0.2, 0.25) is 0 Å². The van der Waals surface area contributed by atoms with E-state index in [0.29, 0.717) is 0 Å². The Morgan fingerprint density at radius 3 is 3.00 bits per heavy atom. The quantitative estimate of drug-likeness (QED) is 0.817. The summed E-state index contributed by atoms with van der Waals surface area (Å²) in [6, 6.07) is 6.38. The van der Waals surface area contributed by atoms with E-state index in [0.717, 1.165) is 10.9 Å². The zero-order valence-electron chi connectivity index (χ0n) is 7.60. The lowest BCUT2D eigenvalue weighted by Gasteiger charge is -1.95. The molecular formula is C11H12BrN. The lowest BCUT2D eigenvalue weighted by Crippen LogP contribution is -1.78. The summed E-state index contributed by atoms with van der Waals surface area (Å²) in [6.07, 6.45) is 4.46. The number of aromatic amines is 1. The van der Waals surface area contributed by atoms with Crippen LogP contribution in [0.15, 0.2) is 28.9 Å². The van der Waals surface area contributed by atoms with Crippen LogP contribution in [-0.4, -0.2) is 4.98 Å². The molecule has 1 heterocycles. The molecule has 0 fully saturated rings. The van der Waals surface area contributed by atoms with E-state index in [2.05, 4.69) is 52.2 Å². The molecule has 2 heteroatoms. The van der Waals surface area contributed by atoms with Gasteiger partial charge in [-0.05, 0) is 24.1 Å². The first-order valence-corrected chi connectivity index (χ1v) is 5.36. The summed E-state index contributed by atoms with van der Waals surface area (Å²) in [7, 11) is 0. The number of rotatable bonds is 2. The van der Waals surface area contributed by atoms with E-state index in [4.69, 9.17) is 0 Å². The van der Waals surface area contributed by atoms with Gasteiger partial charge in [-0.2, -0.15) is 0 Å². The van der Waals surface area contributed by atoms with Crippen LogP contribution in [0.4, 0.5) is 0 Å². The van der Waals surface area contributed by atoms with Crippen molar-refractivity contribution in [3.8, 4) is 0 Å². The molecule has 0 spiro atoms. The molecule has 0 saturated carbocycles. The van der Waals surface area contributed by atoms with Gasteiger partial charge in [-0.25, -0.2) is 0 Å². The average molecular weight is 238 g/mol. The normalized spacial score (nSPS) is 10.9. The number of nitrogens with one attached hydrogen (secondary N) is 1. The number of aromatic nitrogens is 1. The standard InChI is InChI=1S/C11H12BrN/c1-2-3-8-7-13-11-6-9(12)4-5-10(8)11/h4-7,13H,2-3H2,1H3. The molecule has 0 bridgehead atoms. The van der Waals surface area contributed by atoms with E-state index in [9.17, 15) is 0 Å². The molecule has 2 aromatic rings. The highest BCUT2D eigenvalue weighted by Crippen LogP contribution is 2.22. The maximum absolute atomic E-state index is 3.46. The molecule has 0 aliphatic carbocycles. The Morgan fingerprint density at radius 1 is 1.38 bits per heavy atom. The highest BCUT2D eigenvalue weighted by Gasteiger charge is 2.01. The van der Waals surface area contributed by atoms with E-state index in [-0.39, 0.29) is 0 Å². The monoisotopic (exact) mass is 237 g/mol. The predicted molar refractivity (Wildman–Crippen MR) is 60.0 cm³/mol. The van der Waals surface area contributed by atoms with E-state index >= 15 is 0 Å². The Balaban J connectivity index is 2.55. The molecule has 1 N–H and O–H groups in total. The Kier molecular flexibility index (Phi) is 2.40. The number of benzene rings is 1. The Hall–Kier alpha value is -0.760. The third-order valence-corrected chi connectivity index (χ3v) is 2.74. The summed E-state index contributed by atoms with van der Waals surface area (Å²) < 4.78 is 1.13. The lowest BCUT2D eigenvalue weighted by molar-refractivity contribution is 0.929. The lowest BCUT2D eigenvalue weighted by atomic mass is 10.1. The minimum absolute atomic E-state index is 1.13. The minimum Gasteiger partial charge on any atom is -0.361 e. The van der Waals surface area contributed by atoms with Crippen molar-refractivity contribution in [3.05, 3.63) is 34.4 Å². The molecule has 0 aliphatic rings. The fourth-order valence-corrected chi connectivity index (χ4v) is 2.00. The number of hydrogen-bond acceptors (Lipinski definition) is 0. The Morgan fingerprint density at radius 2 is 2.23 bits per heavy atom.